The number of nitrogens with one attached hydrogen (secondary N) is 1. The molecule has 0 aliphatic carbocycles. The first kappa shape index (κ1) is 16.4. The van der Waals surface area contributed by atoms with Crippen LogP contribution in [-0.4, -0.2) is 39.6 Å². The SMILES string of the molecule is CC(NC(=O)CN1c2cccc3cccc(c23)S1(=O)=O)C1CCCO1. The molecular weight excluding hydrogens is 340 g/mol. The zero-order valence-electron chi connectivity index (χ0n) is 13.9. The van der Waals surface area contributed by atoms with Crippen molar-refractivity contribution in [2.75, 3.05) is 17.5 Å². The minimum absolute atomic E-state index is 0.000218. The maximum atomic E-state index is 12.9. The number of hydrogen-bond donors (Lipinski definition) is 1. The van der Waals surface area contributed by atoms with Gasteiger partial charge < -0.3 is 10.1 Å². The summed E-state index contributed by atoms with van der Waals surface area (Å²) in [4.78, 5) is 12.7. The average molecular weight is 360 g/mol. The van der Waals surface area contributed by atoms with Crippen LogP contribution >= 0.6 is 0 Å². The molecule has 2 heterocycles. The molecule has 25 heavy (non-hydrogen) atoms. The molecule has 1 fully saturated rings. The molecule has 0 saturated carbocycles. The molecule has 2 unspecified atom stereocenters. The van der Waals surface area contributed by atoms with Gasteiger partial charge in [-0.15, -0.1) is 0 Å². The van der Waals surface area contributed by atoms with E-state index < -0.39 is 10.0 Å². The summed E-state index contributed by atoms with van der Waals surface area (Å²) in [7, 11) is -3.71. The third kappa shape index (κ3) is 2.67. The Morgan fingerprint density at radius 2 is 2.08 bits per heavy atom. The lowest BCUT2D eigenvalue weighted by molar-refractivity contribution is -0.121. The molecule has 6 nitrogen and oxygen atoms in total. The van der Waals surface area contributed by atoms with E-state index in [1.807, 2.05) is 25.1 Å². The van der Waals surface area contributed by atoms with E-state index in [4.69, 9.17) is 4.74 Å². The highest BCUT2D eigenvalue weighted by molar-refractivity contribution is 7.93. The van der Waals surface area contributed by atoms with E-state index in [0.717, 1.165) is 18.2 Å². The second-order valence-electron chi connectivity index (χ2n) is 6.55. The number of carbonyl (C=O) groups excluding carboxylic acids is 1. The van der Waals surface area contributed by atoms with Gasteiger partial charge in [0.25, 0.3) is 10.0 Å². The van der Waals surface area contributed by atoms with Crippen molar-refractivity contribution in [2.45, 2.75) is 36.8 Å². The highest BCUT2D eigenvalue weighted by Gasteiger charge is 2.37. The molecular formula is C18H20N2O4S. The van der Waals surface area contributed by atoms with Gasteiger partial charge in [-0.2, -0.15) is 0 Å². The van der Waals surface area contributed by atoms with Crippen LogP contribution in [0.5, 0.6) is 0 Å². The summed E-state index contributed by atoms with van der Waals surface area (Å²) >= 11 is 0. The van der Waals surface area contributed by atoms with Crippen LogP contribution in [0, 0.1) is 0 Å². The van der Waals surface area contributed by atoms with Gasteiger partial charge in [-0.3, -0.25) is 9.10 Å². The molecule has 2 aromatic rings. The topological polar surface area (TPSA) is 75.7 Å². The van der Waals surface area contributed by atoms with Crippen LogP contribution in [-0.2, 0) is 19.6 Å². The maximum absolute atomic E-state index is 12.9. The fourth-order valence-electron chi connectivity index (χ4n) is 3.65. The molecule has 2 aliphatic heterocycles. The Bertz CT molecular complexity index is 930. The van der Waals surface area contributed by atoms with E-state index in [-0.39, 0.29) is 29.5 Å². The minimum Gasteiger partial charge on any atom is -0.376 e. The van der Waals surface area contributed by atoms with Gasteiger partial charge in [0.15, 0.2) is 0 Å². The van der Waals surface area contributed by atoms with E-state index in [9.17, 15) is 13.2 Å². The monoisotopic (exact) mass is 360 g/mol. The van der Waals surface area contributed by atoms with E-state index in [1.165, 1.54) is 4.31 Å². The number of ether oxygens (including phenoxy) is 1. The lowest BCUT2D eigenvalue weighted by Crippen LogP contribution is -2.46. The molecule has 1 N–H and O–H groups in total. The number of sulfonamides is 1. The normalized spacial score (nSPS) is 22.3. The van der Waals surface area contributed by atoms with Crippen LogP contribution in [0.1, 0.15) is 19.8 Å². The van der Waals surface area contributed by atoms with Crippen molar-refractivity contribution in [1.82, 2.24) is 5.32 Å². The van der Waals surface area contributed by atoms with Gasteiger partial charge in [0.2, 0.25) is 5.91 Å². The van der Waals surface area contributed by atoms with Crippen molar-refractivity contribution in [2.24, 2.45) is 0 Å². The first-order chi connectivity index (χ1) is 12.0. The number of carbonyl (C=O) groups is 1. The molecule has 132 valence electrons. The molecule has 4 rings (SSSR count). The molecule has 1 amide bonds. The number of rotatable bonds is 4. The Hall–Kier alpha value is -2.12. The number of anilines is 1. The number of benzene rings is 2. The molecule has 1 saturated heterocycles. The van der Waals surface area contributed by atoms with Crippen LogP contribution in [0.15, 0.2) is 41.3 Å². The van der Waals surface area contributed by atoms with Crippen molar-refractivity contribution < 1.29 is 17.9 Å². The summed E-state index contributed by atoms with van der Waals surface area (Å²) in [5, 5.41) is 4.42. The lowest BCUT2D eigenvalue weighted by atomic mass is 10.1. The second kappa shape index (κ2) is 6.00. The smallest absolute Gasteiger partial charge is 0.265 e. The van der Waals surface area contributed by atoms with E-state index >= 15 is 0 Å². The minimum atomic E-state index is -3.71. The molecule has 0 radical (unpaired) electrons. The number of hydrogen-bond acceptors (Lipinski definition) is 4. The van der Waals surface area contributed by atoms with Gasteiger partial charge in [0.05, 0.1) is 22.7 Å². The summed E-state index contributed by atoms with van der Waals surface area (Å²) in [6.45, 7) is 2.37. The van der Waals surface area contributed by atoms with E-state index in [1.54, 1.807) is 18.2 Å². The van der Waals surface area contributed by atoms with Crippen LogP contribution in [0.3, 0.4) is 0 Å². The van der Waals surface area contributed by atoms with Crippen molar-refractivity contribution in [3.8, 4) is 0 Å². The van der Waals surface area contributed by atoms with Gasteiger partial charge >= 0.3 is 0 Å². The van der Waals surface area contributed by atoms with Crippen LogP contribution in [0.4, 0.5) is 5.69 Å². The molecule has 7 heteroatoms. The third-order valence-electron chi connectivity index (χ3n) is 4.88. The van der Waals surface area contributed by atoms with Crippen LogP contribution in [0.25, 0.3) is 10.8 Å². The van der Waals surface area contributed by atoms with Gasteiger partial charge in [-0.05, 0) is 37.3 Å². The highest BCUT2D eigenvalue weighted by Crippen LogP contribution is 2.41. The highest BCUT2D eigenvalue weighted by atomic mass is 32.2. The maximum Gasteiger partial charge on any atom is 0.265 e. The summed E-state index contributed by atoms with van der Waals surface area (Å²) in [6.07, 6.45) is 1.90. The van der Waals surface area contributed by atoms with Gasteiger partial charge in [-0.25, -0.2) is 8.42 Å². The summed E-state index contributed by atoms with van der Waals surface area (Å²) in [5.41, 5.74) is 0.563. The quantitative estimate of drug-likeness (QED) is 0.905. The van der Waals surface area contributed by atoms with Crippen molar-refractivity contribution >= 4 is 32.4 Å². The third-order valence-corrected chi connectivity index (χ3v) is 6.68. The van der Waals surface area contributed by atoms with Crippen molar-refractivity contribution in [1.29, 1.82) is 0 Å². The Balaban J connectivity index is 1.59. The second-order valence-corrected chi connectivity index (χ2v) is 8.38. The zero-order chi connectivity index (χ0) is 17.6. The van der Waals surface area contributed by atoms with Gasteiger partial charge in [0.1, 0.15) is 6.54 Å². The lowest BCUT2D eigenvalue weighted by Gasteiger charge is -2.23. The Labute approximate surface area is 146 Å². The van der Waals surface area contributed by atoms with Crippen LogP contribution in [0.2, 0.25) is 0 Å². The Morgan fingerprint density at radius 1 is 1.32 bits per heavy atom. The molecule has 0 aromatic heterocycles. The number of amides is 1. The fourth-order valence-corrected chi connectivity index (χ4v) is 5.32. The predicted molar refractivity (Wildman–Crippen MR) is 95.1 cm³/mol. The first-order valence-corrected chi connectivity index (χ1v) is 9.88. The van der Waals surface area contributed by atoms with Gasteiger partial charge in [-0.1, -0.05) is 24.3 Å². The fraction of sp³-hybridized carbons (Fsp3) is 0.389. The van der Waals surface area contributed by atoms with E-state index in [0.29, 0.717) is 17.7 Å². The molecule has 0 bridgehead atoms. The predicted octanol–water partition coefficient (Wildman–Crippen LogP) is 2.03. The Kier molecular flexibility index (Phi) is 3.92. The van der Waals surface area contributed by atoms with Crippen molar-refractivity contribution in [3.05, 3.63) is 36.4 Å². The molecule has 0 spiro atoms. The van der Waals surface area contributed by atoms with Gasteiger partial charge in [0, 0.05) is 12.0 Å². The first-order valence-electron chi connectivity index (χ1n) is 8.44. The summed E-state index contributed by atoms with van der Waals surface area (Å²) < 4.78 is 32.5. The largest absolute Gasteiger partial charge is 0.376 e. The molecule has 2 aromatic carbocycles. The molecule has 2 aliphatic rings. The standard InChI is InChI=1S/C18H20N2O4S/c1-12(15-8-4-10-24-15)19-17(21)11-20-14-7-2-5-13-6-3-9-16(18(13)14)25(20,22)23/h2-3,5-7,9,12,15H,4,8,10-11H2,1H3,(H,19,21). The summed E-state index contributed by atoms with van der Waals surface area (Å²) in [5.74, 6) is -0.323. The van der Waals surface area contributed by atoms with E-state index in [2.05, 4.69) is 5.32 Å². The summed E-state index contributed by atoms with van der Waals surface area (Å²) in [6, 6.07) is 10.5. The number of nitrogens with zero attached hydrogens (tertiary/aromatic N) is 1. The molecule has 2 atom stereocenters. The Morgan fingerprint density at radius 3 is 2.80 bits per heavy atom. The average Bonchev–Trinajstić information content (AvgIpc) is 3.19. The van der Waals surface area contributed by atoms with Crippen LogP contribution < -0.4 is 9.62 Å². The zero-order valence-corrected chi connectivity index (χ0v) is 14.8. The van der Waals surface area contributed by atoms with Crippen molar-refractivity contribution in [3.63, 3.8) is 0 Å².